The normalized spacial score (nSPS) is 10.8. The van der Waals surface area contributed by atoms with E-state index in [1.807, 2.05) is 45.0 Å². The highest BCUT2D eigenvalue weighted by atomic mass is 32.1. The van der Waals surface area contributed by atoms with E-state index in [9.17, 15) is 4.79 Å². The van der Waals surface area contributed by atoms with Gasteiger partial charge in [-0.2, -0.15) is 4.68 Å². The zero-order chi connectivity index (χ0) is 15.0. The molecule has 21 heavy (non-hydrogen) atoms. The second-order valence-electron chi connectivity index (χ2n) is 4.86. The molecule has 3 rings (SSSR count). The van der Waals surface area contributed by atoms with Crippen molar-refractivity contribution in [1.29, 1.82) is 0 Å². The van der Waals surface area contributed by atoms with E-state index in [0.29, 0.717) is 11.4 Å². The Hall–Kier alpha value is -2.34. The monoisotopic (exact) mass is 298 g/mol. The van der Waals surface area contributed by atoms with Crippen LogP contribution in [0.5, 0.6) is 0 Å². The maximum Gasteiger partial charge on any atom is 0.212 e. The highest BCUT2D eigenvalue weighted by Crippen LogP contribution is 2.27. The minimum Gasteiger partial charge on any atom is -0.296 e. The average Bonchev–Trinajstić information content (AvgIpc) is 3.04. The fourth-order valence-electron chi connectivity index (χ4n) is 2.03. The molecule has 106 valence electrons. The molecular weight excluding hydrogens is 284 g/mol. The second-order valence-corrected chi connectivity index (χ2v) is 6.04. The minimum absolute atomic E-state index is 0.323. The van der Waals surface area contributed by atoms with Crippen LogP contribution in [0.4, 0.5) is 0 Å². The van der Waals surface area contributed by atoms with Gasteiger partial charge in [-0.25, -0.2) is 4.98 Å². The molecule has 3 aromatic rings. The fraction of sp³-hybridized carbons (Fsp3) is 0.200. The highest BCUT2D eigenvalue weighted by molar-refractivity contribution is 7.14. The van der Waals surface area contributed by atoms with E-state index in [1.165, 1.54) is 11.3 Å². The lowest BCUT2D eigenvalue weighted by Crippen LogP contribution is -1.99. The molecule has 2 aromatic heterocycles. The van der Waals surface area contributed by atoms with Gasteiger partial charge in [0.2, 0.25) is 5.13 Å². The van der Waals surface area contributed by atoms with Crippen LogP contribution in [0.3, 0.4) is 0 Å². The van der Waals surface area contributed by atoms with Gasteiger partial charge < -0.3 is 0 Å². The number of aldehydes is 1. The van der Waals surface area contributed by atoms with Gasteiger partial charge in [0.15, 0.2) is 12.0 Å². The van der Waals surface area contributed by atoms with Gasteiger partial charge in [-0.05, 0) is 20.8 Å². The number of thiazole rings is 1. The smallest absolute Gasteiger partial charge is 0.212 e. The van der Waals surface area contributed by atoms with Crippen LogP contribution in [0.15, 0.2) is 24.3 Å². The van der Waals surface area contributed by atoms with Crippen LogP contribution >= 0.6 is 11.3 Å². The lowest BCUT2D eigenvalue weighted by atomic mass is 10.1. The van der Waals surface area contributed by atoms with Crippen LogP contribution in [0.2, 0.25) is 0 Å². The van der Waals surface area contributed by atoms with E-state index >= 15 is 0 Å². The van der Waals surface area contributed by atoms with Crippen molar-refractivity contribution in [2.24, 2.45) is 0 Å². The molecular formula is C15H14N4OS. The van der Waals surface area contributed by atoms with Crippen molar-refractivity contribution in [3.05, 3.63) is 46.1 Å². The molecule has 0 N–H and O–H groups in total. The summed E-state index contributed by atoms with van der Waals surface area (Å²) in [6.07, 6.45) is 0.728. The van der Waals surface area contributed by atoms with Gasteiger partial charge >= 0.3 is 0 Å². The third kappa shape index (κ3) is 2.38. The van der Waals surface area contributed by atoms with Crippen molar-refractivity contribution in [2.75, 3.05) is 0 Å². The Morgan fingerprint density at radius 1 is 1.14 bits per heavy atom. The number of rotatable bonds is 3. The van der Waals surface area contributed by atoms with E-state index in [-0.39, 0.29) is 0 Å². The van der Waals surface area contributed by atoms with E-state index in [0.717, 1.165) is 33.1 Å². The van der Waals surface area contributed by atoms with Crippen LogP contribution in [-0.2, 0) is 0 Å². The van der Waals surface area contributed by atoms with E-state index in [2.05, 4.69) is 15.3 Å². The first-order valence-electron chi connectivity index (χ1n) is 6.52. The van der Waals surface area contributed by atoms with E-state index in [4.69, 9.17) is 0 Å². The number of benzene rings is 1. The first-order chi connectivity index (χ1) is 10.1. The number of carbonyl (C=O) groups is 1. The maximum atomic E-state index is 11.3. The molecule has 0 radical (unpaired) electrons. The van der Waals surface area contributed by atoms with Crippen LogP contribution in [0, 0.1) is 20.8 Å². The summed E-state index contributed by atoms with van der Waals surface area (Å²) in [5, 5.41) is 8.78. The molecule has 0 spiro atoms. The number of aryl methyl sites for hydroxylation is 3. The third-order valence-corrected chi connectivity index (χ3v) is 4.38. The first-order valence-corrected chi connectivity index (χ1v) is 7.34. The molecule has 1 aromatic carbocycles. The lowest BCUT2D eigenvalue weighted by molar-refractivity contribution is 0.111. The largest absolute Gasteiger partial charge is 0.296 e. The lowest BCUT2D eigenvalue weighted by Gasteiger charge is -2.04. The zero-order valence-corrected chi connectivity index (χ0v) is 12.8. The molecule has 5 nitrogen and oxygen atoms in total. The van der Waals surface area contributed by atoms with E-state index < -0.39 is 0 Å². The van der Waals surface area contributed by atoms with Crippen LogP contribution in [-0.4, -0.2) is 26.3 Å². The summed E-state index contributed by atoms with van der Waals surface area (Å²) in [7, 11) is 0. The fourth-order valence-corrected chi connectivity index (χ4v) is 2.90. The molecule has 0 aliphatic carbocycles. The van der Waals surface area contributed by atoms with E-state index in [1.54, 1.807) is 4.68 Å². The Balaban J connectivity index is 2.20. The molecule has 0 fully saturated rings. The molecule has 0 bridgehead atoms. The molecule has 6 heteroatoms. The summed E-state index contributed by atoms with van der Waals surface area (Å²) < 4.78 is 1.64. The molecule has 0 saturated carbocycles. The van der Waals surface area contributed by atoms with Crippen molar-refractivity contribution >= 4 is 17.6 Å². The summed E-state index contributed by atoms with van der Waals surface area (Å²) in [6, 6.07) is 7.93. The Kier molecular flexibility index (Phi) is 3.39. The van der Waals surface area contributed by atoms with Crippen molar-refractivity contribution in [3.63, 3.8) is 0 Å². The molecule has 2 heterocycles. The van der Waals surface area contributed by atoms with Gasteiger partial charge in [0, 0.05) is 10.4 Å². The molecule has 0 amide bonds. The number of hydrogen-bond acceptors (Lipinski definition) is 5. The quantitative estimate of drug-likeness (QED) is 0.697. The van der Waals surface area contributed by atoms with Crippen molar-refractivity contribution in [1.82, 2.24) is 20.0 Å². The molecule has 0 unspecified atom stereocenters. The molecule has 0 atom stereocenters. The second kappa shape index (κ2) is 5.21. The van der Waals surface area contributed by atoms with Crippen molar-refractivity contribution in [3.8, 4) is 16.4 Å². The SMILES string of the molecule is Cc1ccc(-c2c(C=O)nnn2-c2nc(C)c(C)s2)cc1. The number of nitrogens with zero attached hydrogens (tertiary/aromatic N) is 4. The summed E-state index contributed by atoms with van der Waals surface area (Å²) in [5.74, 6) is 0. The average molecular weight is 298 g/mol. The molecule has 0 aliphatic heterocycles. The predicted molar refractivity (Wildman–Crippen MR) is 82.1 cm³/mol. The standard InChI is InChI=1S/C15H14N4OS/c1-9-4-6-12(7-5-9)14-13(8-20)17-18-19(14)15-16-10(2)11(3)21-15/h4-8H,1-3H3. The van der Waals surface area contributed by atoms with Crippen LogP contribution < -0.4 is 0 Å². The number of hydrogen-bond donors (Lipinski definition) is 0. The predicted octanol–water partition coefficient (Wildman–Crippen LogP) is 3.13. The Bertz CT molecular complexity index is 782. The van der Waals surface area contributed by atoms with Gasteiger partial charge in [-0.1, -0.05) is 46.4 Å². The minimum atomic E-state index is 0.323. The van der Waals surface area contributed by atoms with Gasteiger partial charge in [0.1, 0.15) is 5.69 Å². The topological polar surface area (TPSA) is 60.7 Å². The summed E-state index contributed by atoms with van der Waals surface area (Å²) in [4.78, 5) is 16.9. The van der Waals surface area contributed by atoms with Crippen LogP contribution in [0.25, 0.3) is 16.4 Å². The maximum absolute atomic E-state index is 11.3. The third-order valence-electron chi connectivity index (χ3n) is 3.33. The number of aromatic nitrogens is 4. The summed E-state index contributed by atoms with van der Waals surface area (Å²) in [5.41, 5.74) is 4.03. The van der Waals surface area contributed by atoms with Gasteiger partial charge in [0.25, 0.3) is 0 Å². The van der Waals surface area contributed by atoms with Crippen molar-refractivity contribution < 1.29 is 4.79 Å². The summed E-state index contributed by atoms with van der Waals surface area (Å²) in [6.45, 7) is 5.99. The summed E-state index contributed by atoms with van der Waals surface area (Å²) >= 11 is 1.54. The zero-order valence-electron chi connectivity index (χ0n) is 12.0. The Morgan fingerprint density at radius 3 is 2.43 bits per heavy atom. The van der Waals surface area contributed by atoms with Crippen LogP contribution in [0.1, 0.15) is 26.6 Å². The van der Waals surface area contributed by atoms with Crippen molar-refractivity contribution in [2.45, 2.75) is 20.8 Å². The Labute approximate surface area is 126 Å². The number of carbonyl (C=O) groups excluding carboxylic acids is 1. The first kappa shape index (κ1) is 13.6. The highest BCUT2D eigenvalue weighted by Gasteiger charge is 2.18. The van der Waals surface area contributed by atoms with Gasteiger partial charge in [0.05, 0.1) is 5.69 Å². The Morgan fingerprint density at radius 2 is 1.86 bits per heavy atom. The molecule has 0 saturated heterocycles. The molecule has 0 aliphatic rings. The van der Waals surface area contributed by atoms with Gasteiger partial charge in [-0.3, -0.25) is 4.79 Å². The van der Waals surface area contributed by atoms with Gasteiger partial charge in [-0.15, -0.1) is 5.10 Å².